The summed E-state index contributed by atoms with van der Waals surface area (Å²) in [4.78, 5) is 0. The maximum Gasteiger partial charge on any atom is 0.0630 e. The molecule has 3 heteroatoms. The Balaban J connectivity index is 2.73. The third-order valence-electron chi connectivity index (χ3n) is 4.24. The first-order chi connectivity index (χ1) is 9.58. The quantitative estimate of drug-likeness (QED) is 0.695. The summed E-state index contributed by atoms with van der Waals surface area (Å²) in [6.07, 6.45) is 8.02. The number of nitrogens with zero attached hydrogens (tertiary/aromatic N) is 2. The second-order valence-electron chi connectivity index (χ2n) is 6.28. The number of rotatable bonds is 10. The van der Waals surface area contributed by atoms with E-state index in [1.54, 1.807) is 0 Å². The summed E-state index contributed by atoms with van der Waals surface area (Å²) in [5.74, 6) is 0. The van der Waals surface area contributed by atoms with E-state index in [2.05, 4.69) is 56.9 Å². The van der Waals surface area contributed by atoms with Crippen molar-refractivity contribution in [3.05, 3.63) is 18.0 Å². The molecule has 0 fully saturated rings. The minimum atomic E-state index is 0.317. The fraction of sp³-hybridized carbons (Fsp3) is 0.824. The molecule has 0 spiro atoms. The minimum absolute atomic E-state index is 0.317. The lowest BCUT2D eigenvalue weighted by molar-refractivity contribution is 0.273. The molecule has 1 atom stereocenters. The molecule has 0 aromatic carbocycles. The molecule has 1 aromatic rings. The van der Waals surface area contributed by atoms with Crippen molar-refractivity contribution in [1.82, 2.24) is 15.1 Å². The van der Waals surface area contributed by atoms with Crippen LogP contribution in [0.3, 0.4) is 0 Å². The van der Waals surface area contributed by atoms with Crippen LogP contribution < -0.4 is 5.32 Å². The van der Waals surface area contributed by atoms with Crippen LogP contribution in [0.5, 0.6) is 0 Å². The number of aromatic nitrogens is 2. The molecule has 0 saturated heterocycles. The summed E-state index contributed by atoms with van der Waals surface area (Å²) in [7, 11) is 0. The molecule has 1 aromatic heterocycles. The zero-order valence-electron chi connectivity index (χ0n) is 14.1. The minimum Gasteiger partial charge on any atom is -0.316 e. The van der Waals surface area contributed by atoms with E-state index in [4.69, 9.17) is 5.10 Å². The molecule has 1 heterocycles. The average Bonchev–Trinajstić information content (AvgIpc) is 2.86. The lowest BCUT2D eigenvalue weighted by Crippen LogP contribution is -2.33. The Labute approximate surface area is 125 Å². The second-order valence-corrected chi connectivity index (χ2v) is 6.28. The van der Waals surface area contributed by atoms with Crippen molar-refractivity contribution in [2.75, 3.05) is 13.1 Å². The molecule has 116 valence electrons. The van der Waals surface area contributed by atoms with Crippen molar-refractivity contribution in [2.24, 2.45) is 5.41 Å². The normalized spacial score (nSPS) is 14.7. The first-order valence-electron chi connectivity index (χ1n) is 8.33. The van der Waals surface area contributed by atoms with Crippen LogP contribution in [0.4, 0.5) is 0 Å². The Kier molecular flexibility index (Phi) is 7.28. The highest BCUT2D eigenvalue weighted by Gasteiger charge is 2.24. The zero-order chi connectivity index (χ0) is 15.0. The lowest BCUT2D eigenvalue weighted by Gasteiger charge is -2.29. The summed E-state index contributed by atoms with van der Waals surface area (Å²) in [6.45, 7) is 13.4. The maximum atomic E-state index is 4.82. The van der Waals surface area contributed by atoms with Gasteiger partial charge in [0, 0.05) is 12.7 Å². The van der Waals surface area contributed by atoms with Crippen LogP contribution in [0.2, 0.25) is 0 Å². The van der Waals surface area contributed by atoms with E-state index >= 15 is 0 Å². The second kappa shape index (κ2) is 8.46. The summed E-state index contributed by atoms with van der Waals surface area (Å²) < 4.78 is 2.16. The van der Waals surface area contributed by atoms with E-state index < -0.39 is 0 Å². The van der Waals surface area contributed by atoms with Crippen LogP contribution in [0.15, 0.2) is 12.3 Å². The third kappa shape index (κ3) is 4.93. The Morgan fingerprint density at radius 1 is 1.25 bits per heavy atom. The van der Waals surface area contributed by atoms with Gasteiger partial charge in [0.2, 0.25) is 0 Å². The molecule has 0 saturated carbocycles. The van der Waals surface area contributed by atoms with Gasteiger partial charge in [0.1, 0.15) is 0 Å². The van der Waals surface area contributed by atoms with Gasteiger partial charge in [-0.1, -0.05) is 41.0 Å². The predicted octanol–water partition coefficient (Wildman–Crippen LogP) is 4.20. The van der Waals surface area contributed by atoms with Gasteiger partial charge in [-0.15, -0.1) is 0 Å². The highest BCUT2D eigenvalue weighted by molar-refractivity contribution is 5.04. The van der Waals surface area contributed by atoms with Crippen LogP contribution in [-0.4, -0.2) is 22.9 Å². The highest BCUT2D eigenvalue weighted by Crippen LogP contribution is 2.27. The maximum absolute atomic E-state index is 4.82. The Hall–Kier alpha value is -0.830. The van der Waals surface area contributed by atoms with Crippen LogP contribution in [0.1, 0.15) is 72.0 Å². The summed E-state index contributed by atoms with van der Waals surface area (Å²) >= 11 is 0. The van der Waals surface area contributed by atoms with E-state index in [1.807, 2.05) is 0 Å². The lowest BCUT2D eigenvalue weighted by atomic mass is 9.81. The van der Waals surface area contributed by atoms with Crippen molar-refractivity contribution < 1.29 is 0 Å². The van der Waals surface area contributed by atoms with E-state index in [-0.39, 0.29) is 0 Å². The van der Waals surface area contributed by atoms with Crippen molar-refractivity contribution >= 4 is 0 Å². The third-order valence-corrected chi connectivity index (χ3v) is 4.24. The topological polar surface area (TPSA) is 29.9 Å². The smallest absolute Gasteiger partial charge is 0.0630 e. The van der Waals surface area contributed by atoms with Crippen LogP contribution in [-0.2, 0) is 6.42 Å². The molecule has 0 radical (unpaired) electrons. The van der Waals surface area contributed by atoms with E-state index in [0.717, 1.165) is 32.4 Å². The van der Waals surface area contributed by atoms with Gasteiger partial charge in [-0.25, -0.2) is 0 Å². The molecular weight excluding hydrogens is 246 g/mol. The van der Waals surface area contributed by atoms with Gasteiger partial charge in [-0.05, 0) is 43.7 Å². The van der Waals surface area contributed by atoms with Gasteiger partial charge in [0.25, 0.3) is 0 Å². The first-order valence-corrected chi connectivity index (χ1v) is 8.33. The van der Waals surface area contributed by atoms with Crippen molar-refractivity contribution in [3.63, 3.8) is 0 Å². The average molecular weight is 279 g/mol. The van der Waals surface area contributed by atoms with Gasteiger partial charge in [0.15, 0.2) is 0 Å². The van der Waals surface area contributed by atoms with Crippen molar-refractivity contribution in [2.45, 2.75) is 72.8 Å². The Morgan fingerprint density at radius 2 is 1.95 bits per heavy atom. The van der Waals surface area contributed by atoms with Gasteiger partial charge in [-0.3, -0.25) is 4.68 Å². The highest BCUT2D eigenvalue weighted by atomic mass is 15.3. The van der Waals surface area contributed by atoms with Crippen LogP contribution in [0.25, 0.3) is 0 Å². The molecule has 1 unspecified atom stereocenters. The number of nitrogens with one attached hydrogen (secondary N) is 1. The molecule has 0 aliphatic carbocycles. The molecule has 3 nitrogen and oxygen atoms in total. The summed E-state index contributed by atoms with van der Waals surface area (Å²) in [5, 5.41) is 8.33. The number of hydrogen-bond acceptors (Lipinski definition) is 2. The van der Waals surface area contributed by atoms with Crippen molar-refractivity contribution in [1.29, 1.82) is 0 Å². The van der Waals surface area contributed by atoms with Crippen LogP contribution in [0, 0.1) is 5.41 Å². The first kappa shape index (κ1) is 17.2. The van der Waals surface area contributed by atoms with E-state index in [0.29, 0.717) is 11.5 Å². The largest absolute Gasteiger partial charge is 0.316 e. The van der Waals surface area contributed by atoms with E-state index in [9.17, 15) is 0 Å². The molecule has 0 aliphatic rings. The van der Waals surface area contributed by atoms with E-state index in [1.165, 1.54) is 18.5 Å². The molecule has 0 amide bonds. The molecule has 0 bridgehead atoms. The van der Waals surface area contributed by atoms with Gasteiger partial charge < -0.3 is 5.32 Å². The van der Waals surface area contributed by atoms with Gasteiger partial charge in [0.05, 0.1) is 11.7 Å². The number of hydrogen-bond donors (Lipinski definition) is 1. The molecule has 20 heavy (non-hydrogen) atoms. The molecule has 1 rings (SSSR count). The fourth-order valence-corrected chi connectivity index (χ4v) is 3.04. The SMILES string of the molecule is CCCC(C)(CNCC)Cc1ccn(C(CC)CC)n1. The fourth-order valence-electron chi connectivity index (χ4n) is 3.04. The Morgan fingerprint density at radius 3 is 2.50 bits per heavy atom. The zero-order valence-corrected chi connectivity index (χ0v) is 14.1. The van der Waals surface area contributed by atoms with Gasteiger partial charge in [-0.2, -0.15) is 5.10 Å². The summed E-state index contributed by atoms with van der Waals surface area (Å²) in [6, 6.07) is 2.76. The van der Waals surface area contributed by atoms with Crippen LogP contribution >= 0.6 is 0 Å². The summed E-state index contributed by atoms with van der Waals surface area (Å²) in [5.41, 5.74) is 1.56. The standard InChI is InChI=1S/C17H33N3/c1-6-11-17(5,14-18-9-4)13-15-10-12-20(19-15)16(7-2)8-3/h10,12,16,18H,6-9,11,13-14H2,1-5H3. The predicted molar refractivity (Wildman–Crippen MR) is 87.1 cm³/mol. The monoisotopic (exact) mass is 279 g/mol. The molecule has 0 aliphatic heterocycles. The Bertz CT molecular complexity index is 368. The molecule has 1 N–H and O–H groups in total. The molecular formula is C17H33N3. The van der Waals surface area contributed by atoms with Gasteiger partial charge >= 0.3 is 0 Å². The van der Waals surface area contributed by atoms with Crippen molar-refractivity contribution in [3.8, 4) is 0 Å².